The van der Waals surface area contributed by atoms with Gasteiger partial charge in [0.2, 0.25) is 12.2 Å². The number of rotatable bonds is 9. The SMILES string of the molecule is CCCCCC[n+]1ccn(Cc2ccc(-c3ncc(-c4ccccc4)o3)cc2)c1. The molecule has 2 aromatic heterocycles. The lowest BCUT2D eigenvalue weighted by Gasteiger charge is -2.01. The van der Waals surface area contributed by atoms with Crippen LogP contribution in [0.1, 0.15) is 38.2 Å². The summed E-state index contributed by atoms with van der Waals surface area (Å²) in [6.07, 6.45) is 13.5. The zero-order chi connectivity index (χ0) is 19.9. The summed E-state index contributed by atoms with van der Waals surface area (Å²) < 4.78 is 10.5. The standard InChI is InChI=1S/C25H28N3O/c1-2-3-4-8-15-27-16-17-28(20-27)19-21-11-13-23(14-12-21)25-26-18-24(29-25)22-9-6-5-7-10-22/h5-7,9-14,16-18,20H,2-4,8,15,19H2,1H3/q+1. The van der Waals surface area contributed by atoms with E-state index in [1.807, 2.05) is 30.3 Å². The van der Waals surface area contributed by atoms with Gasteiger partial charge in [-0.25, -0.2) is 14.1 Å². The van der Waals surface area contributed by atoms with Gasteiger partial charge in [0.05, 0.1) is 12.7 Å². The lowest BCUT2D eigenvalue weighted by molar-refractivity contribution is -0.696. The molecule has 0 radical (unpaired) electrons. The molecule has 4 rings (SSSR count). The van der Waals surface area contributed by atoms with Gasteiger partial charge in [-0.1, -0.05) is 62.2 Å². The molecule has 0 aliphatic heterocycles. The summed E-state index contributed by atoms with van der Waals surface area (Å²) in [5, 5.41) is 0. The summed E-state index contributed by atoms with van der Waals surface area (Å²) in [4.78, 5) is 4.45. The molecule has 4 heteroatoms. The number of aromatic nitrogens is 3. The molecule has 0 aliphatic carbocycles. The predicted molar refractivity (Wildman–Crippen MR) is 115 cm³/mol. The van der Waals surface area contributed by atoms with Crippen molar-refractivity contribution in [1.29, 1.82) is 0 Å². The van der Waals surface area contributed by atoms with Crippen molar-refractivity contribution in [2.24, 2.45) is 0 Å². The first kappa shape index (κ1) is 19.2. The Bertz CT molecular complexity index is 1020. The normalized spacial score (nSPS) is 11.1. The Hall–Kier alpha value is -3.14. The molecule has 4 nitrogen and oxygen atoms in total. The number of hydrogen-bond donors (Lipinski definition) is 0. The van der Waals surface area contributed by atoms with Crippen molar-refractivity contribution in [3.8, 4) is 22.8 Å². The van der Waals surface area contributed by atoms with Crippen LogP contribution in [0.5, 0.6) is 0 Å². The number of unbranched alkanes of at least 4 members (excludes halogenated alkanes) is 3. The Balaban J connectivity index is 1.37. The van der Waals surface area contributed by atoms with Gasteiger partial charge in [0.25, 0.3) is 0 Å². The molecule has 29 heavy (non-hydrogen) atoms. The smallest absolute Gasteiger partial charge is 0.244 e. The largest absolute Gasteiger partial charge is 0.436 e. The third kappa shape index (κ3) is 5.02. The minimum Gasteiger partial charge on any atom is -0.436 e. The molecule has 0 atom stereocenters. The van der Waals surface area contributed by atoms with Crippen molar-refractivity contribution in [2.45, 2.75) is 45.7 Å². The fraction of sp³-hybridized carbons (Fsp3) is 0.280. The average molecular weight is 387 g/mol. The van der Waals surface area contributed by atoms with Crippen LogP contribution in [0.2, 0.25) is 0 Å². The van der Waals surface area contributed by atoms with Gasteiger partial charge in [-0.15, -0.1) is 0 Å². The van der Waals surface area contributed by atoms with Crippen LogP contribution in [0.3, 0.4) is 0 Å². The van der Waals surface area contributed by atoms with Gasteiger partial charge in [-0.05, 0) is 30.5 Å². The van der Waals surface area contributed by atoms with E-state index in [0.717, 1.165) is 30.0 Å². The van der Waals surface area contributed by atoms with E-state index in [-0.39, 0.29) is 0 Å². The monoisotopic (exact) mass is 386 g/mol. The van der Waals surface area contributed by atoms with Crippen molar-refractivity contribution >= 4 is 0 Å². The van der Waals surface area contributed by atoms with E-state index in [4.69, 9.17) is 4.42 Å². The quantitative estimate of drug-likeness (QED) is 0.272. The minimum absolute atomic E-state index is 0.654. The van der Waals surface area contributed by atoms with Crippen LogP contribution < -0.4 is 4.57 Å². The van der Waals surface area contributed by atoms with E-state index in [2.05, 4.69) is 64.0 Å². The molecule has 0 fully saturated rings. The van der Waals surface area contributed by atoms with E-state index in [9.17, 15) is 0 Å². The van der Waals surface area contributed by atoms with Crippen LogP contribution in [0.15, 0.2) is 83.9 Å². The highest BCUT2D eigenvalue weighted by Crippen LogP contribution is 2.26. The van der Waals surface area contributed by atoms with Crippen LogP contribution in [0, 0.1) is 0 Å². The average Bonchev–Trinajstić information content (AvgIpc) is 3.43. The predicted octanol–water partition coefficient (Wildman–Crippen LogP) is 5.73. The van der Waals surface area contributed by atoms with E-state index >= 15 is 0 Å². The first-order valence-electron chi connectivity index (χ1n) is 10.5. The summed E-state index contributed by atoms with van der Waals surface area (Å²) in [6.45, 7) is 4.21. The van der Waals surface area contributed by atoms with E-state index in [1.165, 1.54) is 31.2 Å². The fourth-order valence-corrected chi connectivity index (χ4v) is 3.49. The minimum atomic E-state index is 0.654. The second kappa shape index (κ2) is 9.37. The van der Waals surface area contributed by atoms with Gasteiger partial charge in [0, 0.05) is 11.1 Å². The molecule has 2 aromatic carbocycles. The number of hydrogen-bond acceptors (Lipinski definition) is 2. The highest BCUT2D eigenvalue weighted by molar-refractivity contribution is 5.61. The Morgan fingerprint density at radius 3 is 2.55 bits per heavy atom. The summed E-state index contributed by atoms with van der Waals surface area (Å²) in [5.74, 6) is 1.45. The van der Waals surface area contributed by atoms with Crippen molar-refractivity contribution < 1.29 is 8.98 Å². The Kier molecular flexibility index (Phi) is 6.20. The molecule has 0 saturated carbocycles. The molecule has 148 valence electrons. The molecule has 0 saturated heterocycles. The maximum Gasteiger partial charge on any atom is 0.244 e. The maximum absolute atomic E-state index is 5.95. The van der Waals surface area contributed by atoms with Gasteiger partial charge >= 0.3 is 0 Å². The van der Waals surface area contributed by atoms with Crippen LogP contribution >= 0.6 is 0 Å². The summed E-state index contributed by atoms with van der Waals surface area (Å²) in [7, 11) is 0. The number of oxazole rings is 1. The number of imidazole rings is 1. The molecule has 0 bridgehead atoms. The van der Waals surface area contributed by atoms with Gasteiger partial charge in [-0.2, -0.15) is 0 Å². The molecule has 0 unspecified atom stereocenters. The summed E-state index contributed by atoms with van der Waals surface area (Å²) in [5.41, 5.74) is 3.30. The molecule has 4 aromatic rings. The first-order valence-corrected chi connectivity index (χ1v) is 10.5. The van der Waals surface area contributed by atoms with Gasteiger partial charge in [0.1, 0.15) is 18.9 Å². The first-order chi connectivity index (χ1) is 14.3. The van der Waals surface area contributed by atoms with Crippen molar-refractivity contribution in [3.63, 3.8) is 0 Å². The summed E-state index contributed by atoms with van der Waals surface area (Å²) >= 11 is 0. The van der Waals surface area contributed by atoms with Crippen molar-refractivity contribution in [3.05, 3.63) is 85.1 Å². The number of nitrogens with zero attached hydrogens (tertiary/aromatic N) is 3. The topological polar surface area (TPSA) is 34.8 Å². The molecule has 2 heterocycles. The third-order valence-electron chi connectivity index (χ3n) is 5.15. The number of benzene rings is 2. The maximum atomic E-state index is 5.95. The summed E-state index contributed by atoms with van der Waals surface area (Å²) in [6, 6.07) is 18.5. The Morgan fingerprint density at radius 1 is 0.931 bits per heavy atom. The zero-order valence-electron chi connectivity index (χ0n) is 17.0. The molecular formula is C25H28N3O+. The fourth-order valence-electron chi connectivity index (χ4n) is 3.49. The van der Waals surface area contributed by atoms with Crippen LogP contribution in [-0.4, -0.2) is 9.55 Å². The van der Waals surface area contributed by atoms with E-state index < -0.39 is 0 Å². The molecule has 0 amide bonds. The van der Waals surface area contributed by atoms with Crippen LogP contribution in [0.25, 0.3) is 22.8 Å². The second-order valence-electron chi connectivity index (χ2n) is 7.48. The molecule has 0 N–H and O–H groups in total. The van der Waals surface area contributed by atoms with Gasteiger partial charge in [0.15, 0.2) is 5.76 Å². The third-order valence-corrected chi connectivity index (χ3v) is 5.15. The van der Waals surface area contributed by atoms with Crippen LogP contribution in [0.4, 0.5) is 0 Å². The Labute approximate surface area is 172 Å². The van der Waals surface area contributed by atoms with E-state index in [1.54, 1.807) is 6.20 Å². The van der Waals surface area contributed by atoms with Gasteiger partial charge in [-0.3, -0.25) is 0 Å². The highest BCUT2D eigenvalue weighted by atomic mass is 16.4. The molecule has 0 aliphatic rings. The van der Waals surface area contributed by atoms with Crippen molar-refractivity contribution in [1.82, 2.24) is 9.55 Å². The molecular weight excluding hydrogens is 358 g/mol. The number of aryl methyl sites for hydroxylation is 1. The molecule has 0 spiro atoms. The highest BCUT2D eigenvalue weighted by Gasteiger charge is 2.09. The van der Waals surface area contributed by atoms with Gasteiger partial charge < -0.3 is 4.42 Å². The van der Waals surface area contributed by atoms with E-state index in [0.29, 0.717) is 5.89 Å². The van der Waals surface area contributed by atoms with Crippen LogP contribution in [-0.2, 0) is 13.1 Å². The lowest BCUT2D eigenvalue weighted by atomic mass is 10.1. The van der Waals surface area contributed by atoms with Crippen molar-refractivity contribution in [2.75, 3.05) is 0 Å². The Morgan fingerprint density at radius 2 is 1.76 bits per heavy atom. The zero-order valence-corrected chi connectivity index (χ0v) is 17.0. The lowest BCUT2D eigenvalue weighted by Crippen LogP contribution is -2.30. The second-order valence-corrected chi connectivity index (χ2v) is 7.48.